The van der Waals surface area contributed by atoms with Crippen LogP contribution < -0.4 is 5.73 Å². The third-order valence-electron chi connectivity index (χ3n) is 9.48. The summed E-state index contributed by atoms with van der Waals surface area (Å²) in [7, 11) is 0. The number of carbonyl (C=O) groups excluding carboxylic acids is 1. The first kappa shape index (κ1) is 48.6. The Hall–Kier alpha value is -6.05. The fraction of sp³-hybridized carbons (Fsp3) is 0.366. The summed E-state index contributed by atoms with van der Waals surface area (Å²) in [4.78, 5) is 27.0. The Balaban J connectivity index is 0.000000223. The first-order valence-electron chi connectivity index (χ1n) is 18.9. The fourth-order valence-corrected chi connectivity index (χ4v) is 6.57. The number of carbonyl (C=O) groups is 2. The minimum atomic E-state index is -4.69. The highest BCUT2D eigenvalue weighted by Crippen LogP contribution is 2.36. The predicted octanol–water partition coefficient (Wildman–Crippen LogP) is 10.3. The van der Waals surface area contributed by atoms with Crippen molar-refractivity contribution in [2.45, 2.75) is 98.1 Å². The fourth-order valence-electron chi connectivity index (χ4n) is 6.33. The molecule has 0 aliphatic heterocycles. The maximum Gasteiger partial charge on any atom is 0.436 e. The van der Waals surface area contributed by atoms with Crippen molar-refractivity contribution < 1.29 is 49.8 Å². The topological polar surface area (TPSA) is 152 Å². The molecular weight excluding hydrogens is 854 g/mol. The third kappa shape index (κ3) is 11.3. The Morgan fingerprint density at radius 2 is 1.24 bits per heavy atom. The maximum atomic E-state index is 13.2. The molecule has 3 N–H and O–H groups in total. The first-order chi connectivity index (χ1) is 28.7. The van der Waals surface area contributed by atoms with Crippen LogP contribution in [0.4, 0.5) is 40.8 Å². The van der Waals surface area contributed by atoms with Crippen molar-refractivity contribution >= 4 is 29.0 Å². The molecule has 4 aromatic heterocycles. The van der Waals surface area contributed by atoms with Gasteiger partial charge in [-0.1, -0.05) is 39.3 Å². The normalized spacial score (nSPS) is 12.8. The van der Waals surface area contributed by atoms with Crippen LogP contribution in [0.2, 0.25) is 5.02 Å². The Morgan fingerprint density at radius 1 is 0.758 bits per heavy atom. The Labute approximate surface area is 355 Å². The minimum absolute atomic E-state index is 0.00878. The van der Waals surface area contributed by atoms with E-state index in [1.807, 2.05) is 27.7 Å². The standard InChI is InChI=1S/C21H22F4N4O.C12H14FN3.C8H8ClF3N2O2/c1-12(2)20-15(10-26-29(20)17-7-5-16(22)6-8-17)9-18(30)13(3)28-11-19(21(23,24)25)27-14(28)4;1-8(2)12-11(14)7-15-16(12)10-5-3-9(13)4-6-10;1-3-5(9)6(8(10,11)12)13-14(3)4(2)7(15)16/h5-8,10-13H,9H2,1-4H3;3-8H,14H2,1-2H3;4H,1-2H3,(H,15,16). The summed E-state index contributed by atoms with van der Waals surface area (Å²) < 4.78 is 107. The van der Waals surface area contributed by atoms with Crippen LogP contribution in [0.1, 0.15) is 105 Å². The van der Waals surface area contributed by atoms with Gasteiger partial charge in [0.25, 0.3) is 0 Å². The molecule has 2 atom stereocenters. The molecule has 0 saturated heterocycles. The minimum Gasteiger partial charge on any atom is -0.480 e. The van der Waals surface area contributed by atoms with Gasteiger partial charge >= 0.3 is 18.3 Å². The van der Waals surface area contributed by atoms with E-state index in [9.17, 15) is 44.7 Å². The van der Waals surface area contributed by atoms with E-state index >= 15 is 0 Å². The molecule has 4 heterocycles. The number of nitrogens with two attached hydrogens (primary N) is 1. The van der Waals surface area contributed by atoms with E-state index in [0.717, 1.165) is 28.0 Å². The molecule has 62 heavy (non-hydrogen) atoms. The monoisotopic (exact) mass is 897 g/mol. The Morgan fingerprint density at radius 3 is 1.66 bits per heavy atom. The van der Waals surface area contributed by atoms with E-state index in [1.165, 1.54) is 49.6 Å². The number of nitrogen functional groups attached to an aromatic ring is 1. The van der Waals surface area contributed by atoms with Gasteiger partial charge in [-0.05, 0) is 88.1 Å². The van der Waals surface area contributed by atoms with Crippen LogP contribution in [0.3, 0.4) is 0 Å². The molecule has 334 valence electrons. The molecule has 0 aliphatic rings. The highest BCUT2D eigenvalue weighted by Gasteiger charge is 2.39. The molecule has 2 aromatic carbocycles. The number of carboxylic acids is 1. The molecule has 6 rings (SSSR count). The number of hydrogen-bond donors (Lipinski definition) is 2. The van der Waals surface area contributed by atoms with Gasteiger partial charge in [-0.3, -0.25) is 9.48 Å². The summed E-state index contributed by atoms with van der Waals surface area (Å²) in [6, 6.07) is 10.0. The van der Waals surface area contributed by atoms with Crippen molar-refractivity contribution in [2.75, 3.05) is 5.73 Å². The lowest BCUT2D eigenvalue weighted by molar-refractivity contribution is -0.144. The van der Waals surface area contributed by atoms with E-state index in [2.05, 4.69) is 20.3 Å². The largest absolute Gasteiger partial charge is 0.480 e. The van der Waals surface area contributed by atoms with Crippen molar-refractivity contribution in [1.29, 1.82) is 0 Å². The van der Waals surface area contributed by atoms with Crippen LogP contribution in [-0.2, 0) is 28.4 Å². The SMILES string of the molecule is CC(C)c1c(N)cnn1-c1ccc(F)cc1.Cc1c(Cl)c(C(F)(F)F)nn1C(C)C(=O)O.Cc1nc(C(F)(F)F)cn1C(C)C(=O)Cc1cnn(-c2ccc(F)cc2)c1C(C)C. The lowest BCUT2D eigenvalue weighted by Gasteiger charge is -2.16. The highest BCUT2D eigenvalue weighted by atomic mass is 35.5. The van der Waals surface area contributed by atoms with E-state index in [4.69, 9.17) is 22.4 Å². The van der Waals surface area contributed by atoms with Crippen LogP contribution in [0.5, 0.6) is 0 Å². The summed E-state index contributed by atoms with van der Waals surface area (Å²) in [5.41, 5.74) is 8.11. The maximum absolute atomic E-state index is 13.2. The smallest absolute Gasteiger partial charge is 0.436 e. The van der Waals surface area contributed by atoms with Gasteiger partial charge in [0.15, 0.2) is 17.2 Å². The van der Waals surface area contributed by atoms with Crippen LogP contribution in [0.25, 0.3) is 11.4 Å². The average Bonchev–Trinajstić information content (AvgIpc) is 3.96. The molecular formula is C41H44ClF8N9O3. The van der Waals surface area contributed by atoms with E-state index in [0.29, 0.717) is 16.9 Å². The number of anilines is 1. The molecule has 0 radical (unpaired) electrons. The van der Waals surface area contributed by atoms with Crippen molar-refractivity contribution in [3.8, 4) is 11.4 Å². The predicted molar refractivity (Wildman–Crippen MR) is 214 cm³/mol. The zero-order valence-corrected chi connectivity index (χ0v) is 35.4. The number of aryl methyl sites for hydroxylation is 1. The van der Waals surface area contributed by atoms with Crippen molar-refractivity contribution in [3.05, 3.63) is 124 Å². The summed E-state index contributed by atoms with van der Waals surface area (Å²) in [6.45, 7) is 13.5. The van der Waals surface area contributed by atoms with Gasteiger partial charge in [0.05, 0.1) is 57.6 Å². The van der Waals surface area contributed by atoms with Crippen molar-refractivity contribution in [1.82, 2.24) is 38.9 Å². The second-order valence-corrected chi connectivity index (χ2v) is 15.1. The summed E-state index contributed by atoms with van der Waals surface area (Å²) in [5, 5.41) is 19.8. The molecule has 0 fully saturated rings. The molecule has 0 aliphatic carbocycles. The van der Waals surface area contributed by atoms with Crippen LogP contribution in [0.15, 0.2) is 67.1 Å². The second kappa shape index (κ2) is 19.3. The van der Waals surface area contributed by atoms with Gasteiger partial charge in [0.2, 0.25) is 0 Å². The van der Waals surface area contributed by atoms with Crippen molar-refractivity contribution in [3.63, 3.8) is 0 Å². The third-order valence-corrected chi connectivity index (χ3v) is 9.94. The lowest BCUT2D eigenvalue weighted by Crippen LogP contribution is -2.20. The lowest BCUT2D eigenvalue weighted by atomic mass is 9.99. The molecule has 21 heteroatoms. The Kier molecular flexibility index (Phi) is 15.2. The van der Waals surface area contributed by atoms with E-state index in [1.54, 1.807) is 52.9 Å². The number of rotatable bonds is 10. The van der Waals surface area contributed by atoms with Gasteiger partial charge in [-0.25, -0.2) is 27.9 Å². The van der Waals surface area contributed by atoms with E-state index < -0.39 is 46.8 Å². The second-order valence-electron chi connectivity index (χ2n) is 14.7. The number of hydrogen-bond acceptors (Lipinski definition) is 7. The molecule has 12 nitrogen and oxygen atoms in total. The van der Waals surface area contributed by atoms with Gasteiger partial charge in [0.1, 0.15) is 23.5 Å². The zero-order chi connectivity index (χ0) is 46.6. The van der Waals surface area contributed by atoms with Gasteiger partial charge < -0.3 is 15.4 Å². The molecule has 0 amide bonds. The first-order valence-corrected chi connectivity index (χ1v) is 19.2. The molecule has 0 spiro atoms. The van der Waals surface area contributed by atoms with Gasteiger partial charge in [-0.2, -0.15) is 41.6 Å². The summed E-state index contributed by atoms with van der Waals surface area (Å²) in [5.74, 6) is -1.75. The van der Waals surface area contributed by atoms with Gasteiger partial charge in [0, 0.05) is 18.2 Å². The number of halogens is 9. The number of imidazole rings is 1. The number of aromatic nitrogens is 8. The van der Waals surface area contributed by atoms with Crippen molar-refractivity contribution in [2.24, 2.45) is 0 Å². The number of ketones is 1. The average molecular weight is 898 g/mol. The molecule has 6 aromatic rings. The van der Waals surface area contributed by atoms with Crippen LogP contribution in [-0.4, -0.2) is 55.8 Å². The number of nitrogens with zero attached hydrogens (tertiary/aromatic N) is 8. The molecule has 2 unspecified atom stereocenters. The number of carboxylic acid groups (broad SMARTS) is 1. The summed E-state index contributed by atoms with van der Waals surface area (Å²) >= 11 is 5.45. The van der Waals surface area contributed by atoms with Gasteiger partial charge in [-0.15, -0.1) is 0 Å². The quantitative estimate of drug-likeness (QED) is 0.129. The number of Topliss-reactive ketones (excluding diaryl/α,β-unsaturated/α-hetero) is 1. The summed E-state index contributed by atoms with van der Waals surface area (Å²) in [6.07, 6.45) is -5.19. The van der Waals surface area contributed by atoms with Crippen LogP contribution in [0, 0.1) is 25.5 Å². The Bertz CT molecular complexity index is 2480. The highest BCUT2D eigenvalue weighted by molar-refractivity contribution is 6.32. The number of aliphatic carboxylic acids is 1. The molecule has 0 bridgehead atoms. The number of benzene rings is 2. The van der Waals surface area contributed by atoms with Crippen LogP contribution >= 0.6 is 11.6 Å². The van der Waals surface area contributed by atoms with E-state index in [-0.39, 0.29) is 47.2 Å². The zero-order valence-electron chi connectivity index (χ0n) is 34.7. The molecule has 0 saturated carbocycles. The number of alkyl halides is 6.